The highest BCUT2D eigenvalue weighted by molar-refractivity contribution is 6.33. The number of nitro groups is 1. The number of fused-ring (bicyclic) bond motifs is 1. The molecular weight excluding hydrogens is 394 g/mol. The lowest BCUT2D eigenvalue weighted by atomic mass is 9.93. The van der Waals surface area contributed by atoms with E-state index in [1.807, 2.05) is 0 Å². The Bertz CT molecular complexity index is 1110. The summed E-state index contributed by atoms with van der Waals surface area (Å²) in [5, 5.41) is 15.0. The average Bonchev–Trinajstić information content (AvgIpc) is 3.27. The van der Waals surface area contributed by atoms with Crippen LogP contribution in [0, 0.1) is 23.0 Å². The van der Waals surface area contributed by atoms with E-state index in [9.17, 15) is 19.7 Å². The first-order chi connectivity index (χ1) is 14.4. The lowest BCUT2D eigenvalue weighted by Gasteiger charge is -2.18. The van der Waals surface area contributed by atoms with Gasteiger partial charge in [-0.15, -0.1) is 0 Å². The van der Waals surface area contributed by atoms with Crippen LogP contribution < -0.4 is 14.4 Å². The number of carbonyl (C=O) groups excluding carboxylic acids is 2. The summed E-state index contributed by atoms with van der Waals surface area (Å²) in [6.45, 7) is 1.60. The van der Waals surface area contributed by atoms with Crippen LogP contribution in [-0.2, 0) is 14.4 Å². The Hall–Kier alpha value is -3.95. The summed E-state index contributed by atoms with van der Waals surface area (Å²) in [6, 6.07) is 9.05. The zero-order chi connectivity index (χ0) is 21.6. The van der Waals surface area contributed by atoms with Crippen LogP contribution in [0.5, 0.6) is 11.5 Å². The minimum Gasteiger partial charge on any atom is -0.493 e. The van der Waals surface area contributed by atoms with Crippen LogP contribution >= 0.6 is 0 Å². The number of anilines is 1. The Morgan fingerprint density at radius 1 is 1.13 bits per heavy atom. The summed E-state index contributed by atoms with van der Waals surface area (Å²) in [5.74, 6) is -1.26. The number of non-ortho nitro benzene ring substituents is 1. The quantitative estimate of drug-likeness (QED) is 0.420. The molecule has 4 rings (SSSR count). The van der Waals surface area contributed by atoms with E-state index >= 15 is 0 Å². The van der Waals surface area contributed by atoms with Gasteiger partial charge in [-0.25, -0.2) is 4.90 Å². The molecule has 2 aliphatic heterocycles. The van der Waals surface area contributed by atoms with Crippen molar-refractivity contribution in [1.82, 2.24) is 0 Å². The van der Waals surface area contributed by atoms with E-state index in [0.717, 1.165) is 4.90 Å². The molecule has 0 radical (unpaired) electrons. The van der Waals surface area contributed by atoms with Gasteiger partial charge in [-0.2, -0.15) is 0 Å². The van der Waals surface area contributed by atoms with Gasteiger partial charge in [0.05, 0.1) is 24.8 Å². The smallest absolute Gasteiger partial charge is 0.278 e. The van der Waals surface area contributed by atoms with Crippen LogP contribution in [0.2, 0.25) is 0 Å². The number of hydrogen-bond acceptors (Lipinski definition) is 8. The predicted molar refractivity (Wildman–Crippen MR) is 105 cm³/mol. The van der Waals surface area contributed by atoms with Crippen LogP contribution in [-0.4, -0.2) is 42.8 Å². The normalized spacial score (nSPS) is 20.0. The Morgan fingerprint density at radius 2 is 1.90 bits per heavy atom. The topological polar surface area (TPSA) is 121 Å². The third kappa shape index (κ3) is 2.76. The molecule has 2 aromatic rings. The maximum Gasteiger partial charge on any atom is 0.278 e. The Kier molecular flexibility index (Phi) is 4.61. The molecule has 154 valence electrons. The second-order valence-electron chi connectivity index (χ2n) is 6.76. The number of benzene rings is 2. The lowest BCUT2D eigenvalue weighted by molar-refractivity contribution is -0.384. The van der Waals surface area contributed by atoms with Crippen LogP contribution in [0.4, 0.5) is 11.4 Å². The fourth-order valence-electron chi connectivity index (χ4n) is 3.73. The molecule has 10 heteroatoms. The lowest BCUT2D eigenvalue weighted by Crippen LogP contribution is -2.33. The fraction of sp³-hybridized carbons (Fsp3) is 0.250. The standard InChI is InChI=1S/C20H17N3O7/c1-10-9-11(23(26)27)7-8-13(10)22-19(24)15-16(21-30-18(15)20(22)25)12-5-4-6-14(28-2)17(12)29-3/h4-9,15,18H,1-3H3/t15-,18-/m0/s1. The minimum absolute atomic E-state index is 0.129. The van der Waals surface area contributed by atoms with Crippen molar-refractivity contribution in [1.29, 1.82) is 0 Å². The number of carbonyl (C=O) groups is 2. The van der Waals surface area contributed by atoms with Crippen LogP contribution in [0.3, 0.4) is 0 Å². The Labute approximate surface area is 170 Å². The Balaban J connectivity index is 1.74. The van der Waals surface area contributed by atoms with Gasteiger partial charge in [0.1, 0.15) is 11.6 Å². The van der Waals surface area contributed by atoms with E-state index in [2.05, 4.69) is 5.16 Å². The van der Waals surface area contributed by atoms with Gasteiger partial charge in [0.2, 0.25) is 12.0 Å². The van der Waals surface area contributed by atoms with Gasteiger partial charge in [0.15, 0.2) is 11.5 Å². The largest absolute Gasteiger partial charge is 0.493 e. The van der Waals surface area contributed by atoms with E-state index in [0.29, 0.717) is 22.6 Å². The molecule has 2 amide bonds. The summed E-state index contributed by atoms with van der Waals surface area (Å²) < 4.78 is 10.7. The maximum absolute atomic E-state index is 13.2. The zero-order valence-electron chi connectivity index (χ0n) is 16.3. The van der Waals surface area contributed by atoms with E-state index in [4.69, 9.17) is 14.3 Å². The molecule has 2 aliphatic rings. The summed E-state index contributed by atoms with van der Waals surface area (Å²) in [7, 11) is 2.95. The van der Waals surface area contributed by atoms with E-state index in [1.165, 1.54) is 32.4 Å². The molecule has 1 saturated heterocycles. The van der Waals surface area contributed by atoms with Gasteiger partial charge in [-0.1, -0.05) is 11.2 Å². The highest BCUT2D eigenvalue weighted by Gasteiger charge is 2.56. The van der Waals surface area contributed by atoms with Crippen molar-refractivity contribution in [2.24, 2.45) is 11.1 Å². The number of para-hydroxylation sites is 1. The number of hydrogen-bond donors (Lipinski definition) is 0. The number of amides is 2. The minimum atomic E-state index is -1.11. The van der Waals surface area contributed by atoms with Gasteiger partial charge in [-0.05, 0) is 30.7 Å². The molecule has 30 heavy (non-hydrogen) atoms. The molecule has 0 saturated carbocycles. The zero-order valence-corrected chi connectivity index (χ0v) is 16.3. The number of nitro benzene ring substituents is 1. The first-order valence-corrected chi connectivity index (χ1v) is 8.97. The highest BCUT2D eigenvalue weighted by atomic mass is 16.7. The second kappa shape index (κ2) is 7.14. The van der Waals surface area contributed by atoms with Gasteiger partial charge in [0, 0.05) is 17.7 Å². The number of imide groups is 1. The van der Waals surface area contributed by atoms with Crippen molar-refractivity contribution in [3.05, 3.63) is 57.6 Å². The van der Waals surface area contributed by atoms with Gasteiger partial charge in [0.25, 0.3) is 11.6 Å². The van der Waals surface area contributed by atoms with Crippen molar-refractivity contribution in [2.45, 2.75) is 13.0 Å². The molecule has 10 nitrogen and oxygen atoms in total. The van der Waals surface area contributed by atoms with Crippen molar-refractivity contribution in [3.8, 4) is 11.5 Å². The van der Waals surface area contributed by atoms with E-state index in [-0.39, 0.29) is 17.1 Å². The molecule has 0 N–H and O–H groups in total. The van der Waals surface area contributed by atoms with Crippen molar-refractivity contribution in [3.63, 3.8) is 0 Å². The van der Waals surface area contributed by atoms with E-state index < -0.39 is 28.8 Å². The van der Waals surface area contributed by atoms with Crippen molar-refractivity contribution in [2.75, 3.05) is 19.1 Å². The average molecular weight is 411 g/mol. The molecule has 0 spiro atoms. The fourth-order valence-corrected chi connectivity index (χ4v) is 3.73. The summed E-state index contributed by atoms with van der Waals surface area (Å²) in [5.41, 5.74) is 1.30. The number of oxime groups is 1. The van der Waals surface area contributed by atoms with Crippen molar-refractivity contribution >= 4 is 28.9 Å². The number of methoxy groups -OCH3 is 2. The molecular formula is C20H17N3O7. The van der Waals surface area contributed by atoms with Crippen molar-refractivity contribution < 1.29 is 28.8 Å². The monoisotopic (exact) mass is 411 g/mol. The molecule has 2 heterocycles. The third-order valence-electron chi connectivity index (χ3n) is 5.12. The first-order valence-electron chi connectivity index (χ1n) is 8.97. The number of aryl methyl sites for hydroxylation is 1. The Morgan fingerprint density at radius 3 is 2.53 bits per heavy atom. The van der Waals surface area contributed by atoms with Gasteiger partial charge >= 0.3 is 0 Å². The summed E-state index contributed by atoms with van der Waals surface area (Å²) in [6.07, 6.45) is -1.11. The molecule has 0 unspecified atom stereocenters. The first kappa shape index (κ1) is 19.4. The van der Waals surface area contributed by atoms with Gasteiger partial charge in [-0.3, -0.25) is 19.7 Å². The number of rotatable bonds is 5. The molecule has 0 aromatic heterocycles. The molecule has 0 aliphatic carbocycles. The highest BCUT2D eigenvalue weighted by Crippen LogP contribution is 2.40. The van der Waals surface area contributed by atoms with Crippen LogP contribution in [0.25, 0.3) is 0 Å². The molecule has 2 atom stereocenters. The van der Waals surface area contributed by atoms with E-state index in [1.54, 1.807) is 25.1 Å². The number of ether oxygens (including phenoxy) is 2. The summed E-state index contributed by atoms with van der Waals surface area (Å²) >= 11 is 0. The van der Waals surface area contributed by atoms with Gasteiger partial charge < -0.3 is 14.3 Å². The summed E-state index contributed by atoms with van der Waals surface area (Å²) in [4.78, 5) is 43.0. The molecule has 0 bridgehead atoms. The SMILES string of the molecule is COc1cccc(C2=NO[C@@H]3C(=O)N(c4ccc([N+](=O)[O-])cc4C)C(=O)[C@@H]23)c1OC. The second-order valence-corrected chi connectivity index (χ2v) is 6.76. The molecule has 2 aromatic carbocycles. The maximum atomic E-state index is 13.2. The predicted octanol–water partition coefficient (Wildman–Crippen LogP) is 2.21. The van der Waals surface area contributed by atoms with Crippen LogP contribution in [0.15, 0.2) is 41.6 Å². The molecule has 1 fully saturated rings. The van der Waals surface area contributed by atoms with Crippen LogP contribution in [0.1, 0.15) is 11.1 Å². The number of nitrogens with zero attached hydrogens (tertiary/aromatic N) is 3. The third-order valence-corrected chi connectivity index (χ3v) is 5.12.